The predicted molar refractivity (Wildman–Crippen MR) is 47.8 cm³/mol. The summed E-state index contributed by atoms with van der Waals surface area (Å²) in [7, 11) is 0. The fraction of sp³-hybridized carbons (Fsp3) is 0.250. The van der Waals surface area contributed by atoms with Crippen molar-refractivity contribution in [1.29, 1.82) is 0 Å². The third-order valence-corrected chi connectivity index (χ3v) is 1.73. The molecule has 0 unspecified atom stereocenters. The van der Waals surface area contributed by atoms with Crippen LogP contribution < -0.4 is 4.74 Å². The van der Waals surface area contributed by atoms with Gasteiger partial charge in [-0.1, -0.05) is 11.6 Å². The number of carboxylic acid groups (broad SMARTS) is 1. The molecule has 1 N–H and O–H groups in total. The van der Waals surface area contributed by atoms with E-state index in [2.05, 4.69) is 9.72 Å². The number of aromatic nitrogens is 1. The molecule has 0 aromatic carbocycles. The molecule has 0 fully saturated rings. The summed E-state index contributed by atoms with van der Waals surface area (Å²) in [6, 6.07) is 2.02. The van der Waals surface area contributed by atoms with E-state index in [1.54, 1.807) is 0 Å². The van der Waals surface area contributed by atoms with Crippen molar-refractivity contribution in [3.8, 4) is 5.88 Å². The van der Waals surface area contributed by atoms with Gasteiger partial charge in [-0.2, -0.15) is 13.2 Å². The molecule has 0 saturated heterocycles. The van der Waals surface area contributed by atoms with Gasteiger partial charge in [-0.25, -0.2) is 9.78 Å². The average molecular weight is 256 g/mol. The molecule has 88 valence electrons. The molecule has 0 spiro atoms. The second-order valence-electron chi connectivity index (χ2n) is 2.70. The molecular weight excluding hydrogens is 251 g/mol. The van der Waals surface area contributed by atoms with Gasteiger partial charge in [0.2, 0.25) is 5.88 Å². The highest BCUT2D eigenvalue weighted by Gasteiger charge is 2.28. The van der Waals surface area contributed by atoms with Crippen LogP contribution in [0.1, 0.15) is 10.4 Å². The molecule has 0 aliphatic carbocycles. The van der Waals surface area contributed by atoms with E-state index in [1.165, 1.54) is 0 Å². The normalized spacial score (nSPS) is 11.2. The highest BCUT2D eigenvalue weighted by atomic mass is 35.5. The smallest absolute Gasteiger partial charge is 0.422 e. The first-order valence-electron chi connectivity index (χ1n) is 3.89. The van der Waals surface area contributed by atoms with Crippen molar-refractivity contribution in [3.05, 3.63) is 22.8 Å². The Morgan fingerprint density at radius 2 is 2.12 bits per heavy atom. The van der Waals surface area contributed by atoms with Gasteiger partial charge in [-0.05, 0) is 6.07 Å². The minimum Gasteiger partial charge on any atom is -0.478 e. The Hall–Kier alpha value is -1.50. The second kappa shape index (κ2) is 4.56. The SMILES string of the molecule is O=C(O)c1ccc(OCC(F)(F)F)nc1Cl. The molecule has 0 aliphatic heterocycles. The maximum atomic E-state index is 11.8. The minimum absolute atomic E-state index is 0.305. The number of pyridine rings is 1. The number of nitrogens with zero attached hydrogens (tertiary/aromatic N) is 1. The minimum atomic E-state index is -4.49. The van der Waals surface area contributed by atoms with Crippen LogP contribution in [0.5, 0.6) is 5.88 Å². The molecule has 1 aromatic heterocycles. The first-order valence-corrected chi connectivity index (χ1v) is 4.27. The lowest BCUT2D eigenvalue weighted by molar-refractivity contribution is -0.154. The van der Waals surface area contributed by atoms with E-state index in [0.717, 1.165) is 12.1 Å². The number of halogens is 4. The van der Waals surface area contributed by atoms with Crippen LogP contribution in [-0.2, 0) is 0 Å². The quantitative estimate of drug-likeness (QED) is 0.843. The van der Waals surface area contributed by atoms with E-state index in [4.69, 9.17) is 16.7 Å². The molecule has 1 heterocycles. The third-order valence-electron chi connectivity index (χ3n) is 1.44. The largest absolute Gasteiger partial charge is 0.478 e. The van der Waals surface area contributed by atoms with Crippen LogP contribution in [0.3, 0.4) is 0 Å². The van der Waals surface area contributed by atoms with Crippen LogP contribution in [0.4, 0.5) is 13.2 Å². The van der Waals surface area contributed by atoms with Crippen molar-refractivity contribution in [1.82, 2.24) is 4.98 Å². The zero-order valence-corrected chi connectivity index (χ0v) is 8.34. The first kappa shape index (κ1) is 12.6. The number of hydrogen-bond acceptors (Lipinski definition) is 3. The molecule has 0 atom stereocenters. The molecule has 0 radical (unpaired) electrons. The van der Waals surface area contributed by atoms with Gasteiger partial charge in [0.25, 0.3) is 0 Å². The van der Waals surface area contributed by atoms with Gasteiger partial charge >= 0.3 is 12.1 Å². The van der Waals surface area contributed by atoms with Crippen LogP contribution in [0.2, 0.25) is 5.15 Å². The van der Waals surface area contributed by atoms with E-state index in [1.807, 2.05) is 0 Å². The fourth-order valence-corrected chi connectivity index (χ4v) is 1.04. The summed E-state index contributed by atoms with van der Waals surface area (Å²) in [5, 5.41) is 8.15. The molecule has 16 heavy (non-hydrogen) atoms. The Labute approximate surface area is 92.6 Å². The number of rotatable bonds is 3. The topological polar surface area (TPSA) is 59.4 Å². The molecular formula is C8H5ClF3NO3. The maximum absolute atomic E-state index is 11.8. The lowest BCUT2D eigenvalue weighted by Crippen LogP contribution is -2.19. The van der Waals surface area contributed by atoms with E-state index in [0.29, 0.717) is 0 Å². The molecule has 0 bridgehead atoms. The Morgan fingerprint density at radius 3 is 2.56 bits per heavy atom. The standard InChI is InChI=1S/C8H5ClF3NO3/c9-6-4(7(14)15)1-2-5(13-6)16-3-8(10,11)12/h1-2H,3H2,(H,14,15). The van der Waals surface area contributed by atoms with E-state index < -0.39 is 23.9 Å². The van der Waals surface area contributed by atoms with Crippen molar-refractivity contribution >= 4 is 17.6 Å². The number of carboxylic acids is 1. The molecule has 1 rings (SSSR count). The van der Waals surface area contributed by atoms with Gasteiger partial charge in [0, 0.05) is 6.07 Å². The Morgan fingerprint density at radius 1 is 1.50 bits per heavy atom. The lowest BCUT2D eigenvalue weighted by Gasteiger charge is -2.08. The van der Waals surface area contributed by atoms with E-state index in [9.17, 15) is 18.0 Å². The monoisotopic (exact) mass is 255 g/mol. The lowest BCUT2D eigenvalue weighted by atomic mass is 10.3. The van der Waals surface area contributed by atoms with Crippen LogP contribution in [0, 0.1) is 0 Å². The molecule has 8 heteroatoms. The first-order chi connectivity index (χ1) is 7.29. The zero-order valence-electron chi connectivity index (χ0n) is 7.58. The summed E-state index contributed by atoms with van der Waals surface area (Å²) in [5.74, 6) is -1.70. The summed E-state index contributed by atoms with van der Waals surface area (Å²) in [6.45, 7) is -1.51. The van der Waals surface area contributed by atoms with Gasteiger partial charge in [-0.3, -0.25) is 0 Å². The van der Waals surface area contributed by atoms with E-state index in [-0.39, 0.29) is 11.4 Å². The van der Waals surface area contributed by atoms with Gasteiger partial charge in [0.05, 0.1) is 5.56 Å². The Kier molecular flexibility index (Phi) is 3.58. The second-order valence-corrected chi connectivity index (χ2v) is 3.05. The van der Waals surface area contributed by atoms with Crippen molar-refractivity contribution in [2.24, 2.45) is 0 Å². The number of aromatic carboxylic acids is 1. The van der Waals surface area contributed by atoms with Gasteiger partial charge < -0.3 is 9.84 Å². The van der Waals surface area contributed by atoms with Gasteiger partial charge in [0.15, 0.2) is 6.61 Å². The van der Waals surface area contributed by atoms with Gasteiger partial charge in [-0.15, -0.1) is 0 Å². The van der Waals surface area contributed by atoms with Crippen LogP contribution in [0.25, 0.3) is 0 Å². The van der Waals surface area contributed by atoms with Crippen molar-refractivity contribution in [3.63, 3.8) is 0 Å². The summed E-state index contributed by atoms with van der Waals surface area (Å²) in [4.78, 5) is 13.9. The molecule has 0 saturated carbocycles. The Balaban J connectivity index is 2.78. The summed E-state index contributed by atoms with van der Waals surface area (Å²) >= 11 is 5.42. The van der Waals surface area contributed by atoms with Crippen LogP contribution in [-0.4, -0.2) is 28.8 Å². The molecule has 0 aliphatic rings. The summed E-state index contributed by atoms with van der Waals surface area (Å²) in [5.41, 5.74) is -0.305. The van der Waals surface area contributed by atoms with Crippen molar-refractivity contribution in [2.75, 3.05) is 6.61 Å². The number of alkyl halides is 3. The highest BCUT2D eigenvalue weighted by molar-refractivity contribution is 6.32. The van der Waals surface area contributed by atoms with Crippen molar-refractivity contribution < 1.29 is 27.8 Å². The number of ether oxygens (including phenoxy) is 1. The van der Waals surface area contributed by atoms with Gasteiger partial charge in [0.1, 0.15) is 5.15 Å². The van der Waals surface area contributed by atoms with Crippen LogP contribution in [0.15, 0.2) is 12.1 Å². The molecule has 1 aromatic rings. The maximum Gasteiger partial charge on any atom is 0.422 e. The van der Waals surface area contributed by atoms with Crippen molar-refractivity contribution in [2.45, 2.75) is 6.18 Å². The van der Waals surface area contributed by atoms with Crippen LogP contribution >= 0.6 is 11.6 Å². The fourth-order valence-electron chi connectivity index (χ4n) is 0.813. The predicted octanol–water partition coefficient (Wildman–Crippen LogP) is 2.37. The molecule has 4 nitrogen and oxygen atoms in total. The summed E-state index contributed by atoms with van der Waals surface area (Å²) in [6.07, 6.45) is -4.49. The molecule has 0 amide bonds. The number of hydrogen-bond donors (Lipinski definition) is 1. The average Bonchev–Trinajstić information content (AvgIpc) is 2.13. The van der Waals surface area contributed by atoms with E-state index >= 15 is 0 Å². The summed E-state index contributed by atoms with van der Waals surface area (Å²) < 4.78 is 39.6. The third kappa shape index (κ3) is 3.58. The zero-order chi connectivity index (χ0) is 12.3. The highest BCUT2D eigenvalue weighted by Crippen LogP contribution is 2.20. The Bertz CT molecular complexity index is 408. The number of carbonyl (C=O) groups is 1.